The highest BCUT2D eigenvalue weighted by Crippen LogP contribution is 2.24. The molecule has 3 heterocycles. The Labute approximate surface area is 189 Å². The van der Waals surface area contributed by atoms with Crippen molar-refractivity contribution in [1.29, 1.82) is 0 Å². The zero-order valence-corrected chi connectivity index (χ0v) is 19.1. The average molecular weight is 434 g/mol. The minimum absolute atomic E-state index is 0.0715. The molecule has 1 aliphatic rings. The number of aromatic nitrogens is 1. The number of piperidine rings is 1. The molecule has 4 rings (SSSR count). The van der Waals surface area contributed by atoms with Gasteiger partial charge in [-0.05, 0) is 62.1 Å². The van der Waals surface area contributed by atoms with Crippen molar-refractivity contribution in [1.82, 2.24) is 14.8 Å². The summed E-state index contributed by atoms with van der Waals surface area (Å²) in [6.07, 6.45) is 6.68. The van der Waals surface area contributed by atoms with Gasteiger partial charge in [0.25, 0.3) is 0 Å². The first-order valence-electron chi connectivity index (χ1n) is 11.2. The van der Waals surface area contributed by atoms with E-state index >= 15 is 0 Å². The molecular weight excluding hydrogens is 402 g/mol. The lowest BCUT2D eigenvalue weighted by atomic mass is 9.95. The van der Waals surface area contributed by atoms with Gasteiger partial charge >= 0.3 is 0 Å². The van der Waals surface area contributed by atoms with Crippen molar-refractivity contribution in [2.45, 2.75) is 39.3 Å². The third-order valence-electron chi connectivity index (χ3n) is 5.95. The maximum absolute atomic E-state index is 13.6. The monoisotopic (exact) mass is 433 g/mol. The number of thiophene rings is 1. The quantitative estimate of drug-likeness (QED) is 0.505. The molecular formula is C26H31N3OS. The molecule has 1 aromatic carbocycles. The van der Waals surface area contributed by atoms with Crippen molar-refractivity contribution >= 4 is 17.2 Å². The van der Waals surface area contributed by atoms with Gasteiger partial charge in [-0.2, -0.15) is 0 Å². The molecule has 0 radical (unpaired) electrons. The van der Waals surface area contributed by atoms with Gasteiger partial charge in [0.2, 0.25) is 5.91 Å². The Kier molecular flexibility index (Phi) is 7.49. The van der Waals surface area contributed by atoms with E-state index in [1.807, 2.05) is 24.5 Å². The number of pyridine rings is 1. The summed E-state index contributed by atoms with van der Waals surface area (Å²) in [5, 5.41) is 0. The van der Waals surface area contributed by atoms with Gasteiger partial charge in [-0.15, -0.1) is 11.3 Å². The summed E-state index contributed by atoms with van der Waals surface area (Å²) in [6, 6.07) is 18.9. The number of aryl methyl sites for hydroxylation is 1. The van der Waals surface area contributed by atoms with Crippen LogP contribution in [0, 0.1) is 12.8 Å². The van der Waals surface area contributed by atoms with Crippen LogP contribution in [0.1, 0.15) is 33.7 Å². The van der Waals surface area contributed by atoms with Crippen LogP contribution < -0.4 is 0 Å². The molecule has 1 fully saturated rings. The van der Waals surface area contributed by atoms with Crippen LogP contribution in [0.25, 0.3) is 0 Å². The first kappa shape index (κ1) is 21.7. The van der Waals surface area contributed by atoms with Crippen LogP contribution in [0.4, 0.5) is 0 Å². The van der Waals surface area contributed by atoms with Crippen molar-refractivity contribution in [3.8, 4) is 0 Å². The van der Waals surface area contributed by atoms with E-state index in [1.54, 1.807) is 11.3 Å². The molecule has 2 aromatic heterocycles. The van der Waals surface area contributed by atoms with E-state index in [0.29, 0.717) is 12.5 Å². The second-order valence-electron chi connectivity index (χ2n) is 8.44. The van der Waals surface area contributed by atoms with E-state index < -0.39 is 0 Å². The molecule has 5 heteroatoms. The lowest BCUT2D eigenvalue weighted by Crippen LogP contribution is -2.44. The molecule has 31 heavy (non-hydrogen) atoms. The van der Waals surface area contributed by atoms with E-state index in [1.165, 1.54) is 20.9 Å². The normalized spacial score (nSPS) is 16.9. The fraction of sp³-hybridized carbons (Fsp3) is 0.385. The molecule has 162 valence electrons. The largest absolute Gasteiger partial charge is 0.337 e. The average Bonchev–Trinajstić information content (AvgIpc) is 3.22. The summed E-state index contributed by atoms with van der Waals surface area (Å²) in [4.78, 5) is 24.9. The fourth-order valence-corrected chi connectivity index (χ4v) is 5.25. The second kappa shape index (κ2) is 10.7. The standard InChI is InChI=1S/C26H31N3OS/c1-21-11-12-25(31-21)20-29(16-13-22-7-3-2-4-8-22)26(30)24-10-6-15-28(19-24)18-23-9-5-14-27-17-23/h2-5,7-9,11-12,14,17,24H,6,10,13,15-16,18-20H2,1H3. The van der Waals surface area contributed by atoms with E-state index in [-0.39, 0.29) is 5.92 Å². The SMILES string of the molecule is Cc1ccc(CN(CCc2ccccc2)C(=O)C2CCCN(Cc3cccnc3)C2)s1. The third kappa shape index (κ3) is 6.25. The van der Waals surface area contributed by atoms with Crippen molar-refractivity contribution in [3.63, 3.8) is 0 Å². The molecule has 0 saturated carbocycles. The van der Waals surface area contributed by atoms with E-state index in [4.69, 9.17) is 0 Å². The first-order valence-corrected chi connectivity index (χ1v) is 12.0. The summed E-state index contributed by atoms with van der Waals surface area (Å²) < 4.78 is 0. The maximum atomic E-state index is 13.6. The molecule has 1 atom stereocenters. The van der Waals surface area contributed by atoms with E-state index in [2.05, 4.69) is 64.2 Å². The maximum Gasteiger partial charge on any atom is 0.227 e. The Bertz CT molecular complexity index is 957. The number of amides is 1. The summed E-state index contributed by atoms with van der Waals surface area (Å²) in [7, 11) is 0. The van der Waals surface area contributed by atoms with Gasteiger partial charge in [0.1, 0.15) is 0 Å². The Hall–Kier alpha value is -2.50. The summed E-state index contributed by atoms with van der Waals surface area (Å²) in [6.45, 7) is 6.35. The highest BCUT2D eigenvalue weighted by molar-refractivity contribution is 7.11. The number of hydrogen-bond acceptors (Lipinski definition) is 4. The topological polar surface area (TPSA) is 36.4 Å². The van der Waals surface area contributed by atoms with Crippen molar-refractivity contribution in [2.24, 2.45) is 5.92 Å². The molecule has 4 nitrogen and oxygen atoms in total. The molecule has 1 amide bonds. The predicted molar refractivity (Wildman–Crippen MR) is 127 cm³/mol. The second-order valence-corrected chi connectivity index (χ2v) is 9.82. The van der Waals surface area contributed by atoms with Gasteiger partial charge in [-0.25, -0.2) is 0 Å². The van der Waals surface area contributed by atoms with Crippen LogP contribution in [-0.2, 0) is 24.3 Å². The number of benzene rings is 1. The highest BCUT2D eigenvalue weighted by Gasteiger charge is 2.29. The third-order valence-corrected chi connectivity index (χ3v) is 6.94. The van der Waals surface area contributed by atoms with Crippen molar-refractivity contribution in [2.75, 3.05) is 19.6 Å². The Morgan fingerprint density at radius 3 is 2.71 bits per heavy atom. The van der Waals surface area contributed by atoms with Gasteiger partial charge < -0.3 is 4.90 Å². The van der Waals surface area contributed by atoms with Crippen LogP contribution >= 0.6 is 11.3 Å². The Balaban J connectivity index is 1.43. The minimum atomic E-state index is 0.0715. The van der Waals surface area contributed by atoms with Gasteiger partial charge in [0.05, 0.1) is 12.5 Å². The van der Waals surface area contributed by atoms with Crippen LogP contribution in [0.5, 0.6) is 0 Å². The van der Waals surface area contributed by atoms with Crippen LogP contribution in [0.3, 0.4) is 0 Å². The van der Waals surface area contributed by atoms with E-state index in [9.17, 15) is 4.79 Å². The molecule has 0 N–H and O–H groups in total. The van der Waals surface area contributed by atoms with Crippen molar-refractivity contribution < 1.29 is 4.79 Å². The summed E-state index contributed by atoms with van der Waals surface area (Å²) in [5.74, 6) is 0.375. The van der Waals surface area contributed by atoms with Gasteiger partial charge in [-0.1, -0.05) is 36.4 Å². The van der Waals surface area contributed by atoms with Gasteiger partial charge in [-0.3, -0.25) is 14.7 Å². The molecule has 0 spiro atoms. The molecule has 3 aromatic rings. The van der Waals surface area contributed by atoms with Crippen LogP contribution in [0.2, 0.25) is 0 Å². The number of nitrogens with zero attached hydrogens (tertiary/aromatic N) is 3. The lowest BCUT2D eigenvalue weighted by Gasteiger charge is -2.35. The van der Waals surface area contributed by atoms with Gasteiger partial charge in [0.15, 0.2) is 0 Å². The highest BCUT2D eigenvalue weighted by atomic mass is 32.1. The number of hydrogen-bond donors (Lipinski definition) is 0. The summed E-state index contributed by atoms with van der Waals surface area (Å²) in [5.41, 5.74) is 2.50. The van der Waals surface area contributed by atoms with Crippen LogP contribution in [0.15, 0.2) is 67.0 Å². The van der Waals surface area contributed by atoms with Crippen LogP contribution in [-0.4, -0.2) is 40.3 Å². The zero-order chi connectivity index (χ0) is 21.5. The number of carbonyl (C=O) groups excluding carboxylic acids is 1. The first-order chi connectivity index (χ1) is 15.2. The minimum Gasteiger partial charge on any atom is -0.337 e. The predicted octanol–water partition coefficient (Wildman–Crippen LogP) is 4.94. The van der Waals surface area contributed by atoms with Gasteiger partial charge in [0, 0.05) is 41.8 Å². The number of carbonyl (C=O) groups is 1. The Morgan fingerprint density at radius 1 is 1.13 bits per heavy atom. The summed E-state index contributed by atoms with van der Waals surface area (Å²) >= 11 is 1.79. The van der Waals surface area contributed by atoms with Crippen molar-refractivity contribution in [3.05, 3.63) is 87.9 Å². The fourth-order valence-electron chi connectivity index (χ4n) is 4.34. The zero-order valence-electron chi connectivity index (χ0n) is 18.2. The number of likely N-dealkylation sites (tertiary alicyclic amines) is 1. The smallest absolute Gasteiger partial charge is 0.227 e. The molecule has 1 saturated heterocycles. The number of rotatable bonds is 8. The molecule has 1 aliphatic heterocycles. The molecule has 1 unspecified atom stereocenters. The molecule has 0 aliphatic carbocycles. The lowest BCUT2D eigenvalue weighted by molar-refractivity contribution is -0.138. The van der Waals surface area contributed by atoms with E-state index in [0.717, 1.165) is 45.4 Å². The molecule has 0 bridgehead atoms. The Morgan fingerprint density at radius 2 is 1.97 bits per heavy atom.